The molecular formula is C4H12O2P2. The van der Waals surface area contributed by atoms with Crippen LogP contribution in [-0.2, 0) is 9.09 Å². The molecule has 0 aromatic rings. The summed E-state index contributed by atoms with van der Waals surface area (Å²) in [6, 6.07) is 0. The van der Waals surface area contributed by atoms with Crippen molar-refractivity contribution in [2.24, 2.45) is 0 Å². The lowest BCUT2D eigenvalue weighted by atomic mass is 10.9. The van der Waals surface area contributed by atoms with Crippen LogP contribution in [0.1, 0.15) is 13.8 Å². The van der Waals surface area contributed by atoms with E-state index < -0.39 is 7.06 Å². The quantitative estimate of drug-likeness (QED) is 0.582. The first-order valence-electron chi connectivity index (χ1n) is 2.64. The van der Waals surface area contributed by atoms with Crippen molar-refractivity contribution in [3.8, 4) is 0 Å². The summed E-state index contributed by atoms with van der Waals surface area (Å²) in [7, 11) is -0.0108. The Morgan fingerprint density at radius 3 is 2.25 bits per heavy atom. The van der Waals surface area contributed by atoms with Crippen molar-refractivity contribution < 1.29 is 9.09 Å². The van der Waals surface area contributed by atoms with Crippen molar-refractivity contribution in [3.63, 3.8) is 0 Å². The fourth-order valence-electron chi connectivity index (χ4n) is 0.310. The Bertz CT molecular complexity index is 102. The maximum absolute atomic E-state index is 10.9. The molecule has 50 valence electrons. The van der Waals surface area contributed by atoms with E-state index in [1.165, 1.54) is 0 Å². The topological polar surface area (TPSA) is 26.3 Å². The molecule has 2 atom stereocenters. The smallest absolute Gasteiger partial charge is 0.216 e. The van der Waals surface area contributed by atoms with Gasteiger partial charge in [0, 0.05) is 6.16 Å². The maximum Gasteiger partial charge on any atom is 0.216 e. The largest absolute Gasteiger partial charge is 0.326 e. The van der Waals surface area contributed by atoms with Crippen LogP contribution in [0.2, 0.25) is 0 Å². The molecule has 0 amide bonds. The Hall–Kier alpha value is 0.620. The first kappa shape index (κ1) is 8.62. The van der Waals surface area contributed by atoms with Gasteiger partial charge in [-0.3, -0.25) is 4.57 Å². The van der Waals surface area contributed by atoms with Crippen molar-refractivity contribution >= 4 is 16.0 Å². The summed E-state index contributed by atoms with van der Waals surface area (Å²) < 4.78 is 15.8. The van der Waals surface area contributed by atoms with Gasteiger partial charge in [-0.1, -0.05) is 6.92 Å². The second-order valence-corrected chi connectivity index (χ2v) is 6.16. The first-order valence-corrected chi connectivity index (χ1v) is 6.07. The molecule has 2 unspecified atom stereocenters. The van der Waals surface area contributed by atoms with Crippen molar-refractivity contribution in [2.45, 2.75) is 13.8 Å². The Morgan fingerprint density at radius 2 is 2.12 bits per heavy atom. The molecule has 4 heteroatoms. The van der Waals surface area contributed by atoms with Gasteiger partial charge in [0.05, 0.1) is 6.61 Å². The van der Waals surface area contributed by atoms with Crippen LogP contribution < -0.4 is 0 Å². The summed E-state index contributed by atoms with van der Waals surface area (Å²) in [4.78, 5) is 0. The molecule has 0 bridgehead atoms. The molecule has 0 aliphatic heterocycles. The van der Waals surface area contributed by atoms with Crippen LogP contribution in [-0.4, -0.2) is 12.8 Å². The van der Waals surface area contributed by atoms with Crippen molar-refractivity contribution in [1.29, 1.82) is 0 Å². The Labute approximate surface area is 52.5 Å². The molecule has 0 spiro atoms. The van der Waals surface area contributed by atoms with Crippen molar-refractivity contribution in [2.75, 3.05) is 12.8 Å². The van der Waals surface area contributed by atoms with Crippen LogP contribution in [0, 0.1) is 0 Å². The van der Waals surface area contributed by atoms with Gasteiger partial charge in [-0.15, -0.1) is 0 Å². The van der Waals surface area contributed by atoms with Crippen LogP contribution in [0.5, 0.6) is 0 Å². The lowest BCUT2D eigenvalue weighted by molar-refractivity contribution is 0.346. The van der Waals surface area contributed by atoms with Gasteiger partial charge in [0.2, 0.25) is 7.06 Å². The van der Waals surface area contributed by atoms with Gasteiger partial charge in [0.25, 0.3) is 0 Å². The Balaban J connectivity index is 3.55. The van der Waals surface area contributed by atoms with E-state index in [4.69, 9.17) is 4.52 Å². The fourth-order valence-corrected chi connectivity index (χ4v) is 1.38. The second kappa shape index (κ2) is 3.61. The summed E-state index contributed by atoms with van der Waals surface area (Å²) in [6.45, 7) is 4.23. The van der Waals surface area contributed by atoms with E-state index in [1.807, 2.05) is 13.8 Å². The van der Waals surface area contributed by atoms with Gasteiger partial charge in [0.1, 0.15) is 0 Å². The lowest BCUT2D eigenvalue weighted by Crippen LogP contribution is -1.83. The molecule has 8 heavy (non-hydrogen) atoms. The van der Waals surface area contributed by atoms with Gasteiger partial charge in [0.15, 0.2) is 0 Å². The van der Waals surface area contributed by atoms with Crippen LogP contribution in [0.4, 0.5) is 0 Å². The van der Waals surface area contributed by atoms with Crippen LogP contribution in [0.15, 0.2) is 0 Å². The highest BCUT2D eigenvalue weighted by Gasteiger charge is 2.09. The molecule has 0 rings (SSSR count). The van der Waals surface area contributed by atoms with E-state index in [9.17, 15) is 4.57 Å². The summed E-state index contributed by atoms with van der Waals surface area (Å²) >= 11 is 0. The summed E-state index contributed by atoms with van der Waals surface area (Å²) in [5.74, 6) is 0. The normalized spacial score (nSPS) is 17.9. The average molecular weight is 154 g/mol. The molecule has 0 aliphatic rings. The predicted molar refractivity (Wildman–Crippen MR) is 39.5 cm³/mol. The minimum absolute atomic E-state index is 0.536. The van der Waals surface area contributed by atoms with E-state index in [2.05, 4.69) is 8.93 Å². The van der Waals surface area contributed by atoms with Crippen LogP contribution in [0.3, 0.4) is 0 Å². The van der Waals surface area contributed by atoms with E-state index in [0.29, 0.717) is 12.8 Å². The minimum Gasteiger partial charge on any atom is -0.326 e. The number of rotatable bonds is 3. The molecule has 0 heterocycles. The summed E-state index contributed by atoms with van der Waals surface area (Å²) in [5.41, 5.74) is 0. The maximum atomic E-state index is 10.9. The second-order valence-electron chi connectivity index (χ2n) is 1.46. The molecule has 0 aromatic heterocycles. The minimum atomic E-state index is -2.26. The molecule has 0 aromatic carbocycles. The average Bonchev–Trinajstić information content (AvgIpc) is 1.67. The Morgan fingerprint density at radius 1 is 1.62 bits per heavy atom. The van der Waals surface area contributed by atoms with Crippen molar-refractivity contribution in [3.05, 3.63) is 0 Å². The first-order chi connectivity index (χ1) is 3.62. The van der Waals surface area contributed by atoms with E-state index in [-0.39, 0.29) is 0 Å². The molecule has 0 saturated carbocycles. The molecular weight excluding hydrogens is 142 g/mol. The monoisotopic (exact) mass is 154 g/mol. The molecule has 0 aliphatic carbocycles. The zero-order valence-electron chi connectivity index (χ0n) is 5.26. The number of hydrogen-bond donors (Lipinski definition) is 0. The highest BCUT2D eigenvalue weighted by atomic mass is 32.0. The van der Waals surface area contributed by atoms with E-state index in [0.717, 1.165) is 0 Å². The van der Waals surface area contributed by atoms with Gasteiger partial charge in [-0.2, -0.15) is 0 Å². The standard InChI is InChI=1S/C4H12O2P2/c1-3-6-8(5,7)4-2/h3-4,7H2,1-2H3. The zero-order chi connectivity index (χ0) is 6.62. The van der Waals surface area contributed by atoms with E-state index in [1.54, 1.807) is 0 Å². The third-order valence-corrected chi connectivity index (χ3v) is 3.91. The fraction of sp³-hybridized carbons (Fsp3) is 1.00. The zero-order valence-corrected chi connectivity index (χ0v) is 7.30. The van der Waals surface area contributed by atoms with Crippen LogP contribution >= 0.6 is 16.0 Å². The van der Waals surface area contributed by atoms with Crippen LogP contribution in [0.25, 0.3) is 0 Å². The molecule has 2 nitrogen and oxygen atoms in total. The molecule has 0 N–H and O–H groups in total. The van der Waals surface area contributed by atoms with E-state index >= 15 is 0 Å². The lowest BCUT2D eigenvalue weighted by Gasteiger charge is -2.07. The highest BCUT2D eigenvalue weighted by Crippen LogP contribution is 2.54. The molecule has 0 fully saturated rings. The number of hydrogen-bond acceptors (Lipinski definition) is 2. The van der Waals surface area contributed by atoms with Gasteiger partial charge in [-0.05, 0) is 15.9 Å². The highest BCUT2D eigenvalue weighted by molar-refractivity contribution is 8.14. The van der Waals surface area contributed by atoms with Crippen molar-refractivity contribution in [1.82, 2.24) is 0 Å². The summed E-state index contributed by atoms with van der Waals surface area (Å²) in [5, 5.41) is 0. The predicted octanol–water partition coefficient (Wildman–Crippen LogP) is 2.11. The molecule has 0 radical (unpaired) electrons. The Kier molecular flexibility index (Phi) is 3.89. The molecule has 0 saturated heterocycles. The van der Waals surface area contributed by atoms with Gasteiger partial charge >= 0.3 is 0 Å². The third kappa shape index (κ3) is 3.60. The van der Waals surface area contributed by atoms with Gasteiger partial charge in [-0.25, -0.2) is 0 Å². The third-order valence-electron chi connectivity index (χ3n) is 0.788. The summed E-state index contributed by atoms with van der Waals surface area (Å²) in [6.07, 6.45) is 0.603. The SMILES string of the molecule is CCOP(=O)(P)CC. The van der Waals surface area contributed by atoms with Gasteiger partial charge < -0.3 is 4.52 Å².